The molecule has 24 heavy (non-hydrogen) atoms. The van der Waals surface area contributed by atoms with E-state index < -0.39 is 0 Å². The fourth-order valence-electron chi connectivity index (χ4n) is 2.40. The van der Waals surface area contributed by atoms with Crippen molar-refractivity contribution in [3.63, 3.8) is 0 Å². The van der Waals surface area contributed by atoms with Crippen LogP contribution < -0.4 is 5.32 Å². The van der Waals surface area contributed by atoms with Crippen LogP contribution in [0, 0.1) is 0 Å². The molecule has 0 fully saturated rings. The number of carbonyl (C=O) groups is 1. The number of rotatable bonds is 7. The molecule has 2 rings (SSSR count). The van der Waals surface area contributed by atoms with E-state index in [1.165, 1.54) is 23.0 Å². The molecule has 0 spiro atoms. The van der Waals surface area contributed by atoms with Crippen molar-refractivity contribution >= 4 is 28.5 Å². The number of nitrogens with zero attached hydrogens (tertiary/aromatic N) is 2. The van der Waals surface area contributed by atoms with Crippen LogP contribution in [0.5, 0.6) is 0 Å². The quantitative estimate of drug-likeness (QED) is 0.701. The third kappa shape index (κ3) is 4.99. The van der Waals surface area contributed by atoms with Gasteiger partial charge in [0.05, 0.1) is 0 Å². The lowest BCUT2D eigenvalue weighted by Crippen LogP contribution is -2.07. The zero-order valence-electron chi connectivity index (χ0n) is 14.7. The van der Waals surface area contributed by atoms with Gasteiger partial charge >= 0.3 is 0 Å². The maximum absolute atomic E-state index is 12.0. The van der Waals surface area contributed by atoms with Crippen LogP contribution in [0.2, 0.25) is 0 Å². The summed E-state index contributed by atoms with van der Waals surface area (Å²) in [7, 11) is 0. The lowest BCUT2D eigenvalue weighted by Gasteiger charge is -2.05. The fraction of sp³-hybridized carbons (Fsp3) is 0.421. The molecule has 0 saturated heterocycles. The van der Waals surface area contributed by atoms with Crippen molar-refractivity contribution in [1.29, 1.82) is 0 Å². The average Bonchev–Trinajstić information content (AvgIpc) is 3.02. The molecule has 0 radical (unpaired) electrons. The number of amides is 1. The van der Waals surface area contributed by atoms with E-state index in [4.69, 9.17) is 0 Å². The Bertz CT molecular complexity index is 685. The summed E-state index contributed by atoms with van der Waals surface area (Å²) < 4.78 is 0. The van der Waals surface area contributed by atoms with Crippen molar-refractivity contribution < 1.29 is 4.79 Å². The van der Waals surface area contributed by atoms with Gasteiger partial charge < -0.3 is 0 Å². The van der Waals surface area contributed by atoms with Gasteiger partial charge in [-0.05, 0) is 36.0 Å². The first-order valence-corrected chi connectivity index (χ1v) is 9.27. The SMILES string of the molecule is CCC(CC)c1nnc(NC(=O)/C=C/c2ccc(C(C)C)cc2)s1. The molecule has 0 aliphatic rings. The Morgan fingerprint density at radius 3 is 2.42 bits per heavy atom. The Morgan fingerprint density at radius 2 is 1.83 bits per heavy atom. The second kappa shape index (κ2) is 8.73. The summed E-state index contributed by atoms with van der Waals surface area (Å²) >= 11 is 1.46. The van der Waals surface area contributed by atoms with Crippen molar-refractivity contribution in [2.45, 2.75) is 52.4 Å². The molecule has 0 atom stereocenters. The van der Waals surface area contributed by atoms with Crippen LogP contribution >= 0.6 is 11.3 Å². The molecule has 1 amide bonds. The first-order valence-electron chi connectivity index (χ1n) is 8.45. The van der Waals surface area contributed by atoms with Crippen LogP contribution in [-0.2, 0) is 4.79 Å². The fourth-order valence-corrected chi connectivity index (χ4v) is 3.41. The topological polar surface area (TPSA) is 54.9 Å². The summed E-state index contributed by atoms with van der Waals surface area (Å²) in [6, 6.07) is 8.23. The van der Waals surface area contributed by atoms with Crippen LogP contribution in [0.15, 0.2) is 30.3 Å². The molecule has 1 heterocycles. The van der Waals surface area contributed by atoms with Crippen LogP contribution in [0.4, 0.5) is 5.13 Å². The number of anilines is 1. The van der Waals surface area contributed by atoms with Gasteiger partial charge in [-0.1, -0.05) is 63.3 Å². The van der Waals surface area contributed by atoms with Crippen LogP contribution in [-0.4, -0.2) is 16.1 Å². The molecule has 128 valence electrons. The van der Waals surface area contributed by atoms with Crippen LogP contribution in [0.25, 0.3) is 6.08 Å². The zero-order valence-corrected chi connectivity index (χ0v) is 15.6. The zero-order chi connectivity index (χ0) is 17.5. The molecule has 1 aromatic carbocycles. The van der Waals surface area contributed by atoms with Gasteiger partial charge in [0, 0.05) is 12.0 Å². The number of nitrogens with one attached hydrogen (secondary N) is 1. The highest BCUT2D eigenvalue weighted by Crippen LogP contribution is 2.28. The minimum Gasteiger partial charge on any atom is -0.297 e. The second-order valence-electron chi connectivity index (χ2n) is 6.10. The first kappa shape index (κ1) is 18.3. The summed E-state index contributed by atoms with van der Waals surface area (Å²) in [6.07, 6.45) is 5.40. The van der Waals surface area contributed by atoms with Crippen LogP contribution in [0.3, 0.4) is 0 Å². The maximum Gasteiger partial charge on any atom is 0.250 e. The number of benzene rings is 1. The summed E-state index contributed by atoms with van der Waals surface area (Å²) in [6.45, 7) is 8.61. The first-order chi connectivity index (χ1) is 11.5. The smallest absolute Gasteiger partial charge is 0.250 e. The van der Waals surface area contributed by atoms with Gasteiger partial charge in [0.2, 0.25) is 11.0 Å². The van der Waals surface area contributed by atoms with Crippen molar-refractivity contribution in [2.75, 3.05) is 5.32 Å². The predicted octanol–water partition coefficient (Wildman–Crippen LogP) is 5.22. The molecule has 0 bridgehead atoms. The number of hydrogen-bond donors (Lipinski definition) is 1. The van der Waals surface area contributed by atoms with E-state index in [-0.39, 0.29) is 5.91 Å². The minimum atomic E-state index is -0.185. The molecule has 1 aromatic heterocycles. The molecule has 0 aliphatic carbocycles. The molecular formula is C19H25N3OS. The minimum absolute atomic E-state index is 0.185. The summed E-state index contributed by atoms with van der Waals surface area (Å²) in [5.41, 5.74) is 2.30. The monoisotopic (exact) mass is 343 g/mol. The van der Waals surface area contributed by atoms with E-state index in [0.29, 0.717) is 17.0 Å². The highest BCUT2D eigenvalue weighted by Gasteiger charge is 2.13. The molecule has 0 unspecified atom stereocenters. The molecule has 0 saturated carbocycles. The molecule has 1 N–H and O–H groups in total. The van der Waals surface area contributed by atoms with Crippen molar-refractivity contribution in [3.8, 4) is 0 Å². The van der Waals surface area contributed by atoms with Crippen LogP contribution in [0.1, 0.15) is 68.5 Å². The largest absolute Gasteiger partial charge is 0.297 e. The highest BCUT2D eigenvalue weighted by atomic mass is 32.1. The Labute approximate surface area is 148 Å². The molecule has 2 aromatic rings. The predicted molar refractivity (Wildman–Crippen MR) is 101 cm³/mol. The molecule has 0 aliphatic heterocycles. The highest BCUT2D eigenvalue weighted by molar-refractivity contribution is 7.15. The van der Waals surface area contributed by atoms with E-state index in [9.17, 15) is 4.79 Å². The maximum atomic E-state index is 12.0. The molecule has 5 heteroatoms. The average molecular weight is 343 g/mol. The van der Waals surface area contributed by atoms with Gasteiger partial charge in [-0.15, -0.1) is 10.2 Å². The van der Waals surface area contributed by atoms with Gasteiger partial charge in [0.15, 0.2) is 0 Å². The summed E-state index contributed by atoms with van der Waals surface area (Å²) in [5, 5.41) is 12.6. The Kier molecular flexibility index (Phi) is 6.67. The molecular weight excluding hydrogens is 318 g/mol. The van der Waals surface area contributed by atoms with Gasteiger partial charge in [-0.2, -0.15) is 0 Å². The lowest BCUT2D eigenvalue weighted by atomic mass is 10.0. The number of hydrogen-bond acceptors (Lipinski definition) is 4. The Hall–Kier alpha value is -2.01. The van der Waals surface area contributed by atoms with Gasteiger partial charge in [-0.3, -0.25) is 10.1 Å². The van der Waals surface area contributed by atoms with E-state index in [2.05, 4.69) is 55.3 Å². The van der Waals surface area contributed by atoms with E-state index in [0.717, 1.165) is 23.4 Å². The third-order valence-corrected chi connectivity index (χ3v) is 5.04. The van der Waals surface area contributed by atoms with E-state index in [1.807, 2.05) is 18.2 Å². The van der Waals surface area contributed by atoms with Gasteiger partial charge in [-0.25, -0.2) is 0 Å². The van der Waals surface area contributed by atoms with E-state index in [1.54, 1.807) is 0 Å². The Morgan fingerprint density at radius 1 is 1.17 bits per heavy atom. The standard InChI is InChI=1S/C19H25N3OS/c1-5-15(6-2)18-21-22-19(24-18)20-17(23)12-9-14-7-10-16(11-8-14)13(3)4/h7-13,15H,5-6H2,1-4H3,(H,20,22,23)/b12-9+. The lowest BCUT2D eigenvalue weighted by molar-refractivity contribution is -0.111. The number of carbonyl (C=O) groups excluding carboxylic acids is 1. The van der Waals surface area contributed by atoms with E-state index >= 15 is 0 Å². The summed E-state index contributed by atoms with van der Waals surface area (Å²) in [5.74, 6) is 0.742. The Balaban J connectivity index is 1.95. The van der Waals surface area contributed by atoms with Crippen molar-refractivity contribution in [1.82, 2.24) is 10.2 Å². The van der Waals surface area contributed by atoms with Crippen molar-refractivity contribution in [3.05, 3.63) is 46.5 Å². The normalized spacial score (nSPS) is 11.6. The van der Waals surface area contributed by atoms with Gasteiger partial charge in [0.25, 0.3) is 0 Å². The van der Waals surface area contributed by atoms with Gasteiger partial charge in [0.1, 0.15) is 5.01 Å². The van der Waals surface area contributed by atoms with Crippen molar-refractivity contribution in [2.24, 2.45) is 0 Å². The third-order valence-electron chi connectivity index (χ3n) is 4.04. The molecule has 4 nitrogen and oxygen atoms in total. The second-order valence-corrected chi connectivity index (χ2v) is 7.11. The summed E-state index contributed by atoms with van der Waals surface area (Å²) in [4.78, 5) is 12.0. The number of aromatic nitrogens is 2.